The minimum Gasteiger partial charge on any atom is -0.493 e. The van der Waals surface area contributed by atoms with Gasteiger partial charge in [-0.3, -0.25) is 14.4 Å². The first kappa shape index (κ1) is 31.6. The Morgan fingerprint density at radius 2 is 1.71 bits per heavy atom. The van der Waals surface area contributed by atoms with Gasteiger partial charge in [-0.2, -0.15) is 0 Å². The smallest absolute Gasteiger partial charge is 0.305 e. The van der Waals surface area contributed by atoms with Crippen LogP contribution in [0.4, 0.5) is 11.4 Å². The quantitative estimate of drug-likeness (QED) is 0.207. The predicted octanol–water partition coefficient (Wildman–Crippen LogP) is 5.64. The first-order valence-corrected chi connectivity index (χ1v) is 15.4. The summed E-state index contributed by atoms with van der Waals surface area (Å²) in [5.74, 6) is -0.592. The summed E-state index contributed by atoms with van der Waals surface area (Å²) in [5, 5.41) is 14.4. The van der Waals surface area contributed by atoms with E-state index in [1.807, 2.05) is 53.9 Å². The van der Waals surface area contributed by atoms with Gasteiger partial charge in [0.25, 0.3) is 11.8 Å². The zero-order valence-corrected chi connectivity index (χ0v) is 26.0. The zero-order chi connectivity index (χ0) is 31.8. The van der Waals surface area contributed by atoms with E-state index < -0.39 is 5.97 Å². The van der Waals surface area contributed by atoms with Gasteiger partial charge in [0.2, 0.25) is 0 Å². The number of methoxy groups -OCH3 is 2. The van der Waals surface area contributed by atoms with Crippen LogP contribution in [0.2, 0.25) is 0 Å². The van der Waals surface area contributed by atoms with E-state index in [1.165, 1.54) is 30.5 Å². The summed E-state index contributed by atoms with van der Waals surface area (Å²) < 4.78 is 16.2. The molecule has 2 amide bonds. The summed E-state index contributed by atoms with van der Waals surface area (Å²) >= 11 is 1.38. The van der Waals surface area contributed by atoms with Gasteiger partial charge in [0.15, 0.2) is 11.5 Å². The van der Waals surface area contributed by atoms with Crippen LogP contribution < -0.4 is 19.7 Å². The fourth-order valence-corrected chi connectivity index (χ4v) is 5.81. The van der Waals surface area contributed by atoms with Gasteiger partial charge in [0.05, 0.1) is 50.1 Å². The number of carbonyl (C=O) groups is 3. The Morgan fingerprint density at radius 1 is 0.933 bits per heavy atom. The summed E-state index contributed by atoms with van der Waals surface area (Å²) in [5.41, 5.74) is 4.59. The molecule has 1 saturated heterocycles. The number of hydrogen-bond donors (Lipinski definition) is 2. The number of benzene rings is 3. The minimum absolute atomic E-state index is 0.0277. The third kappa shape index (κ3) is 7.81. The molecule has 1 aliphatic rings. The van der Waals surface area contributed by atoms with Gasteiger partial charge in [-0.05, 0) is 64.5 Å². The van der Waals surface area contributed by atoms with Crippen LogP contribution in [-0.4, -0.2) is 74.9 Å². The van der Waals surface area contributed by atoms with Crippen molar-refractivity contribution in [1.82, 2.24) is 4.90 Å². The van der Waals surface area contributed by atoms with Crippen LogP contribution >= 0.6 is 11.3 Å². The van der Waals surface area contributed by atoms with Crippen molar-refractivity contribution in [3.63, 3.8) is 0 Å². The highest BCUT2D eigenvalue weighted by atomic mass is 32.1. The second kappa shape index (κ2) is 14.7. The molecule has 45 heavy (non-hydrogen) atoms. The monoisotopic (exact) mass is 629 g/mol. The van der Waals surface area contributed by atoms with Gasteiger partial charge in [-0.1, -0.05) is 30.3 Å². The molecule has 11 heteroatoms. The minimum atomic E-state index is -0.994. The number of anilines is 2. The highest BCUT2D eigenvalue weighted by molar-refractivity contribution is 7.12. The van der Waals surface area contributed by atoms with E-state index in [1.54, 1.807) is 24.3 Å². The largest absolute Gasteiger partial charge is 0.493 e. The maximum absolute atomic E-state index is 13.6. The number of carboxylic acid groups (broad SMARTS) is 1. The number of nitrogens with one attached hydrogen (secondary N) is 1. The number of morpholine rings is 1. The highest BCUT2D eigenvalue weighted by Gasteiger charge is 2.21. The molecule has 1 aliphatic heterocycles. The van der Waals surface area contributed by atoms with Crippen LogP contribution in [0.3, 0.4) is 0 Å². The number of hydrogen-bond acceptors (Lipinski definition) is 8. The molecule has 3 aromatic carbocycles. The number of amides is 2. The number of nitrogens with zero attached hydrogens (tertiary/aromatic N) is 2. The molecule has 1 aromatic heterocycles. The predicted molar refractivity (Wildman–Crippen MR) is 174 cm³/mol. The lowest BCUT2D eigenvalue weighted by Gasteiger charge is -2.31. The van der Waals surface area contributed by atoms with Crippen LogP contribution in [0.15, 0.2) is 78.2 Å². The summed E-state index contributed by atoms with van der Waals surface area (Å²) in [7, 11) is 3.01. The molecule has 0 aliphatic carbocycles. The van der Waals surface area contributed by atoms with Crippen LogP contribution in [-0.2, 0) is 16.1 Å². The average Bonchev–Trinajstić information content (AvgIpc) is 3.62. The molecule has 10 nitrogen and oxygen atoms in total. The number of thiophene rings is 1. The molecule has 4 aromatic rings. The average molecular weight is 630 g/mol. The molecule has 1 fully saturated rings. The number of ether oxygens (including phenoxy) is 3. The normalized spacial score (nSPS) is 12.8. The maximum atomic E-state index is 13.6. The van der Waals surface area contributed by atoms with Crippen LogP contribution in [0.25, 0.3) is 11.1 Å². The topological polar surface area (TPSA) is 118 Å². The van der Waals surface area contributed by atoms with Crippen molar-refractivity contribution in [3.05, 3.63) is 94.2 Å². The van der Waals surface area contributed by atoms with Crippen molar-refractivity contribution in [2.24, 2.45) is 0 Å². The molecule has 2 heterocycles. The van der Waals surface area contributed by atoms with E-state index in [0.717, 1.165) is 35.5 Å². The van der Waals surface area contributed by atoms with E-state index in [4.69, 9.17) is 14.2 Å². The first-order valence-electron chi connectivity index (χ1n) is 14.5. The van der Waals surface area contributed by atoms with Gasteiger partial charge in [-0.15, -0.1) is 11.3 Å². The number of carboxylic acids is 1. The molecule has 5 rings (SSSR count). The Kier molecular flexibility index (Phi) is 10.3. The third-order valence-corrected chi connectivity index (χ3v) is 8.36. The molecule has 0 unspecified atom stereocenters. The molecule has 0 spiro atoms. The molecule has 0 atom stereocenters. The second-order valence-corrected chi connectivity index (χ2v) is 11.4. The molecular formula is C34H35N3O7S. The summed E-state index contributed by atoms with van der Waals surface area (Å²) in [4.78, 5) is 42.5. The van der Waals surface area contributed by atoms with Gasteiger partial charge >= 0.3 is 5.97 Å². The summed E-state index contributed by atoms with van der Waals surface area (Å²) in [6, 6.07) is 22.3. The Balaban J connectivity index is 1.43. The first-order chi connectivity index (χ1) is 21.9. The van der Waals surface area contributed by atoms with Crippen molar-refractivity contribution < 1.29 is 33.7 Å². The molecule has 0 bridgehead atoms. The van der Waals surface area contributed by atoms with Gasteiger partial charge in [-0.25, -0.2) is 0 Å². The number of rotatable bonds is 12. The third-order valence-electron chi connectivity index (χ3n) is 7.49. The SMILES string of the molecule is COc1ccc(C(=O)N(CCC(=O)O)Cc2cccc(-c3ccc(N4CCOCC4)c(NC(=O)c4cccs4)c3)c2)cc1OC. The van der Waals surface area contributed by atoms with E-state index in [2.05, 4.69) is 10.2 Å². The number of carbonyl (C=O) groups excluding carboxylic acids is 2. The summed E-state index contributed by atoms with van der Waals surface area (Å²) in [6.07, 6.45) is -0.199. The lowest BCUT2D eigenvalue weighted by molar-refractivity contribution is -0.137. The lowest BCUT2D eigenvalue weighted by Crippen LogP contribution is -2.36. The fourth-order valence-electron chi connectivity index (χ4n) is 5.19. The highest BCUT2D eigenvalue weighted by Crippen LogP contribution is 2.34. The van der Waals surface area contributed by atoms with Crippen LogP contribution in [0, 0.1) is 0 Å². The van der Waals surface area contributed by atoms with Crippen molar-refractivity contribution in [2.75, 3.05) is 57.3 Å². The zero-order valence-electron chi connectivity index (χ0n) is 25.2. The van der Waals surface area contributed by atoms with Gasteiger partial charge < -0.3 is 34.4 Å². The second-order valence-electron chi connectivity index (χ2n) is 10.4. The van der Waals surface area contributed by atoms with E-state index >= 15 is 0 Å². The standard InChI is InChI=1S/C34H35N3O7S/c1-42-29-11-9-26(21-30(29)43-2)34(41)37(13-12-32(38)39)22-23-5-3-6-24(19-23)25-8-10-28(36-14-16-44-17-15-36)27(20-25)35-33(40)31-7-4-18-45-31/h3-11,18-21H,12-17,22H2,1-2H3,(H,35,40)(H,38,39). The fraction of sp³-hybridized carbons (Fsp3) is 0.265. The maximum Gasteiger partial charge on any atom is 0.305 e. The molecule has 234 valence electrons. The summed E-state index contributed by atoms with van der Waals surface area (Å²) in [6.45, 7) is 2.89. The molecular weight excluding hydrogens is 594 g/mol. The van der Waals surface area contributed by atoms with E-state index in [-0.39, 0.29) is 31.3 Å². The van der Waals surface area contributed by atoms with Crippen molar-refractivity contribution in [3.8, 4) is 22.6 Å². The van der Waals surface area contributed by atoms with Crippen LogP contribution in [0.5, 0.6) is 11.5 Å². The van der Waals surface area contributed by atoms with E-state index in [0.29, 0.717) is 40.8 Å². The Hall–Kier alpha value is -4.87. The van der Waals surface area contributed by atoms with Gasteiger partial charge in [0.1, 0.15) is 0 Å². The van der Waals surface area contributed by atoms with E-state index in [9.17, 15) is 19.5 Å². The molecule has 0 radical (unpaired) electrons. The number of aliphatic carboxylic acids is 1. The van der Waals surface area contributed by atoms with Crippen molar-refractivity contribution >= 4 is 40.5 Å². The van der Waals surface area contributed by atoms with Crippen molar-refractivity contribution in [1.29, 1.82) is 0 Å². The molecule has 0 saturated carbocycles. The lowest BCUT2D eigenvalue weighted by atomic mass is 10.0. The van der Waals surface area contributed by atoms with Gasteiger partial charge in [0, 0.05) is 31.7 Å². The Labute approximate surface area is 265 Å². The Bertz CT molecular complexity index is 1650. The Morgan fingerprint density at radius 3 is 2.42 bits per heavy atom. The van der Waals surface area contributed by atoms with Crippen molar-refractivity contribution in [2.45, 2.75) is 13.0 Å². The molecule has 2 N–H and O–H groups in total. The van der Waals surface area contributed by atoms with Crippen LogP contribution in [0.1, 0.15) is 32.0 Å².